The van der Waals surface area contributed by atoms with Crippen molar-refractivity contribution in [2.75, 3.05) is 57.3 Å². The van der Waals surface area contributed by atoms with E-state index in [1.807, 2.05) is 35.6 Å². The molecule has 0 aliphatic carbocycles. The molecule has 1 aliphatic rings. The van der Waals surface area contributed by atoms with Crippen LogP contribution >= 0.6 is 11.3 Å². The molecule has 4 aromatic rings. The molecular weight excluding hydrogens is 544 g/mol. The molecule has 1 fully saturated rings. The number of hydrogen-bond donors (Lipinski definition) is 0. The van der Waals surface area contributed by atoms with E-state index in [0.29, 0.717) is 37.4 Å². The molecule has 42 heavy (non-hydrogen) atoms. The fraction of sp³-hybridized carbons (Fsp3) is 0.471. The highest BCUT2D eigenvalue weighted by molar-refractivity contribution is 7.17. The van der Waals surface area contributed by atoms with E-state index < -0.39 is 0 Å². The third-order valence-electron chi connectivity index (χ3n) is 7.58. The van der Waals surface area contributed by atoms with Gasteiger partial charge >= 0.3 is 6.09 Å². The number of anilines is 1. The number of unbranched alkanes of at least 4 members (excludes halogenated alkanes) is 1. The van der Waals surface area contributed by atoms with Gasteiger partial charge in [0.05, 0.1) is 12.1 Å². The number of amides is 1. The van der Waals surface area contributed by atoms with Crippen LogP contribution < -0.4 is 14.4 Å². The van der Waals surface area contributed by atoms with Gasteiger partial charge in [-0.3, -0.25) is 4.90 Å². The van der Waals surface area contributed by atoms with E-state index in [0.717, 1.165) is 62.2 Å². The molecule has 1 saturated heterocycles. The van der Waals surface area contributed by atoms with Crippen LogP contribution in [0.3, 0.4) is 0 Å². The first-order chi connectivity index (χ1) is 20.4. The van der Waals surface area contributed by atoms with Crippen molar-refractivity contribution in [3.05, 3.63) is 60.0 Å². The second-order valence-electron chi connectivity index (χ2n) is 12.1. The van der Waals surface area contributed by atoms with Crippen molar-refractivity contribution in [1.29, 1.82) is 0 Å². The van der Waals surface area contributed by atoms with Crippen LogP contribution in [0.4, 0.5) is 10.5 Å². The van der Waals surface area contributed by atoms with Gasteiger partial charge in [0, 0.05) is 72.6 Å². The minimum atomic E-state index is -0.349. The molecule has 0 unspecified atom stereocenters. The van der Waals surface area contributed by atoms with Crippen LogP contribution in [0.5, 0.6) is 11.6 Å². The lowest BCUT2D eigenvalue weighted by Crippen LogP contribution is -2.46. The standard InChI is InChI=1S/C34H44N4O3S/c1-25(2)23-38(24-26(3)4)34(39)41-33-13-11-27-10-12-28(22-30(27)35-33)40-20-6-5-15-36-16-18-37(19-17-36)31-8-7-9-32-29(31)14-21-42-32/h7-14,21-22,25-26H,5-6,15-20,23-24H2,1-4H3. The maximum Gasteiger partial charge on any atom is 0.416 e. The fourth-order valence-electron chi connectivity index (χ4n) is 5.58. The number of aromatic nitrogens is 1. The van der Waals surface area contributed by atoms with E-state index >= 15 is 0 Å². The molecule has 0 N–H and O–H groups in total. The van der Waals surface area contributed by atoms with E-state index in [4.69, 9.17) is 9.47 Å². The van der Waals surface area contributed by atoms with Gasteiger partial charge in [0.15, 0.2) is 0 Å². The molecular formula is C34H44N4O3S. The molecule has 3 heterocycles. The number of piperazine rings is 1. The SMILES string of the molecule is CC(C)CN(CC(C)C)C(=O)Oc1ccc2ccc(OCCCCN3CCN(c4cccc5sccc45)CC3)cc2n1. The van der Waals surface area contributed by atoms with Crippen molar-refractivity contribution in [2.24, 2.45) is 11.8 Å². The number of pyridine rings is 1. The summed E-state index contributed by atoms with van der Waals surface area (Å²) in [5.74, 6) is 1.83. The summed E-state index contributed by atoms with van der Waals surface area (Å²) in [5.41, 5.74) is 2.13. The van der Waals surface area contributed by atoms with Gasteiger partial charge in [-0.25, -0.2) is 9.78 Å². The number of carbonyl (C=O) groups is 1. The van der Waals surface area contributed by atoms with Gasteiger partial charge in [0.25, 0.3) is 0 Å². The number of ether oxygens (including phenoxy) is 2. The topological polar surface area (TPSA) is 58.1 Å². The van der Waals surface area contributed by atoms with Crippen LogP contribution in [0.25, 0.3) is 21.0 Å². The normalized spacial score (nSPS) is 14.3. The van der Waals surface area contributed by atoms with Crippen molar-refractivity contribution in [2.45, 2.75) is 40.5 Å². The first-order valence-electron chi connectivity index (χ1n) is 15.3. The Labute approximate surface area is 254 Å². The number of nitrogens with zero attached hydrogens (tertiary/aromatic N) is 4. The Balaban J connectivity index is 1.06. The van der Waals surface area contributed by atoms with E-state index in [9.17, 15) is 4.79 Å². The average Bonchev–Trinajstić information content (AvgIpc) is 3.46. The van der Waals surface area contributed by atoms with Crippen molar-refractivity contribution < 1.29 is 14.3 Å². The molecule has 0 radical (unpaired) electrons. The summed E-state index contributed by atoms with van der Waals surface area (Å²) in [7, 11) is 0. The Morgan fingerprint density at radius 2 is 1.71 bits per heavy atom. The summed E-state index contributed by atoms with van der Waals surface area (Å²) in [6.45, 7) is 15.8. The number of fused-ring (bicyclic) bond motifs is 2. The minimum Gasteiger partial charge on any atom is -0.494 e. The predicted molar refractivity (Wildman–Crippen MR) is 174 cm³/mol. The zero-order valence-electron chi connectivity index (χ0n) is 25.4. The first-order valence-corrected chi connectivity index (χ1v) is 16.2. The van der Waals surface area contributed by atoms with Gasteiger partial charge in [0.2, 0.25) is 5.88 Å². The average molecular weight is 589 g/mol. The molecule has 1 amide bonds. The molecule has 224 valence electrons. The largest absolute Gasteiger partial charge is 0.494 e. The molecule has 0 saturated carbocycles. The third kappa shape index (κ3) is 7.92. The highest BCUT2D eigenvalue weighted by Crippen LogP contribution is 2.31. The number of hydrogen-bond acceptors (Lipinski definition) is 7. The van der Waals surface area contributed by atoms with Crippen LogP contribution in [0.2, 0.25) is 0 Å². The fourth-order valence-corrected chi connectivity index (χ4v) is 6.39. The molecule has 7 nitrogen and oxygen atoms in total. The second kappa shape index (κ2) is 14.2. The Morgan fingerprint density at radius 1 is 0.952 bits per heavy atom. The van der Waals surface area contributed by atoms with Crippen molar-refractivity contribution in [1.82, 2.24) is 14.8 Å². The maximum atomic E-state index is 12.9. The molecule has 0 bridgehead atoms. The molecule has 0 spiro atoms. The molecule has 1 aliphatic heterocycles. The lowest BCUT2D eigenvalue weighted by atomic mass is 10.1. The lowest BCUT2D eigenvalue weighted by molar-refractivity contribution is 0.138. The molecule has 2 aromatic heterocycles. The Morgan fingerprint density at radius 3 is 2.48 bits per heavy atom. The summed E-state index contributed by atoms with van der Waals surface area (Å²) in [6, 6.07) is 18.5. The smallest absolute Gasteiger partial charge is 0.416 e. The summed E-state index contributed by atoms with van der Waals surface area (Å²) < 4.78 is 13.1. The first kappa shape index (κ1) is 30.1. The minimum absolute atomic E-state index is 0.314. The van der Waals surface area contributed by atoms with Gasteiger partial charge in [0.1, 0.15) is 5.75 Å². The summed E-state index contributed by atoms with van der Waals surface area (Å²) in [5, 5.41) is 4.55. The van der Waals surface area contributed by atoms with Crippen LogP contribution in [-0.4, -0.2) is 73.3 Å². The van der Waals surface area contributed by atoms with Crippen LogP contribution in [-0.2, 0) is 0 Å². The van der Waals surface area contributed by atoms with Crippen LogP contribution in [0, 0.1) is 11.8 Å². The molecule has 2 aromatic carbocycles. The monoisotopic (exact) mass is 588 g/mol. The summed E-state index contributed by atoms with van der Waals surface area (Å²) >= 11 is 1.81. The Hall–Kier alpha value is -3.36. The highest BCUT2D eigenvalue weighted by Gasteiger charge is 2.20. The van der Waals surface area contributed by atoms with Gasteiger partial charge in [-0.1, -0.05) is 33.8 Å². The quantitative estimate of drug-likeness (QED) is 0.159. The van der Waals surface area contributed by atoms with Gasteiger partial charge < -0.3 is 19.3 Å². The maximum absolute atomic E-state index is 12.9. The molecule has 5 rings (SSSR count). The Kier molecular flexibility index (Phi) is 10.2. The number of thiophene rings is 1. The molecule has 0 atom stereocenters. The number of carbonyl (C=O) groups excluding carboxylic acids is 1. The van der Waals surface area contributed by atoms with Gasteiger partial charge in [-0.15, -0.1) is 11.3 Å². The summed E-state index contributed by atoms with van der Waals surface area (Å²) in [6.07, 6.45) is 1.76. The zero-order chi connectivity index (χ0) is 29.5. The molecule has 8 heteroatoms. The lowest BCUT2D eigenvalue weighted by Gasteiger charge is -2.36. The Bertz CT molecular complexity index is 1450. The number of rotatable bonds is 12. The van der Waals surface area contributed by atoms with Gasteiger partial charge in [-0.2, -0.15) is 0 Å². The van der Waals surface area contributed by atoms with E-state index in [-0.39, 0.29) is 6.09 Å². The highest BCUT2D eigenvalue weighted by atomic mass is 32.1. The van der Waals surface area contributed by atoms with Crippen LogP contribution in [0.1, 0.15) is 40.5 Å². The van der Waals surface area contributed by atoms with E-state index in [1.165, 1.54) is 15.8 Å². The number of benzene rings is 2. The van der Waals surface area contributed by atoms with Crippen molar-refractivity contribution in [3.63, 3.8) is 0 Å². The van der Waals surface area contributed by atoms with Crippen molar-refractivity contribution >= 4 is 44.1 Å². The van der Waals surface area contributed by atoms with E-state index in [2.05, 4.69) is 72.1 Å². The summed E-state index contributed by atoms with van der Waals surface area (Å²) in [4.78, 5) is 24.3. The van der Waals surface area contributed by atoms with Gasteiger partial charge in [-0.05, 0) is 73.0 Å². The predicted octanol–water partition coefficient (Wildman–Crippen LogP) is 7.54. The third-order valence-corrected chi connectivity index (χ3v) is 8.46. The zero-order valence-corrected chi connectivity index (χ0v) is 26.2. The second-order valence-corrected chi connectivity index (χ2v) is 13.0. The van der Waals surface area contributed by atoms with Crippen molar-refractivity contribution in [3.8, 4) is 11.6 Å². The van der Waals surface area contributed by atoms with Crippen LogP contribution in [0.15, 0.2) is 60.0 Å². The van der Waals surface area contributed by atoms with E-state index in [1.54, 1.807) is 11.0 Å².